The number of aromatic nitrogens is 2. The van der Waals surface area contributed by atoms with Crippen LogP contribution in [0.3, 0.4) is 0 Å². The Bertz CT molecular complexity index is 519. The Kier molecular flexibility index (Phi) is 9.79. The number of halogens is 2. The number of likely N-dealkylation sites (tertiary alicyclic amines) is 1. The minimum absolute atomic E-state index is 0. The van der Waals surface area contributed by atoms with E-state index < -0.39 is 0 Å². The van der Waals surface area contributed by atoms with Crippen LogP contribution in [0.2, 0.25) is 0 Å². The number of hydrogen-bond acceptors (Lipinski definition) is 4. The van der Waals surface area contributed by atoms with Crippen LogP contribution in [0, 0.1) is 0 Å². The first-order chi connectivity index (χ1) is 11.3. The van der Waals surface area contributed by atoms with Gasteiger partial charge in [0.1, 0.15) is 5.82 Å². The van der Waals surface area contributed by atoms with Crippen molar-refractivity contribution in [1.82, 2.24) is 24.7 Å². The molecule has 2 aliphatic heterocycles. The number of aryl methyl sites for hydroxylation is 1. The van der Waals surface area contributed by atoms with E-state index in [4.69, 9.17) is 0 Å². The van der Waals surface area contributed by atoms with Gasteiger partial charge in [0.2, 0.25) is 5.91 Å². The van der Waals surface area contributed by atoms with Gasteiger partial charge in [-0.05, 0) is 19.4 Å². The zero-order valence-electron chi connectivity index (χ0n) is 15.0. The highest BCUT2D eigenvalue weighted by molar-refractivity contribution is 5.85. The van der Waals surface area contributed by atoms with Gasteiger partial charge in [0.25, 0.3) is 0 Å². The summed E-state index contributed by atoms with van der Waals surface area (Å²) in [6, 6.07) is 0.510. The Balaban J connectivity index is 0.00000156. The van der Waals surface area contributed by atoms with Gasteiger partial charge < -0.3 is 19.7 Å². The molecular formula is C17H31Cl2N5O. The number of piperidine rings is 1. The molecule has 1 unspecified atom stereocenters. The van der Waals surface area contributed by atoms with E-state index in [-0.39, 0.29) is 24.8 Å². The number of carbonyl (C=O) groups is 1. The topological polar surface area (TPSA) is 53.4 Å². The minimum Gasteiger partial charge on any atom is -0.340 e. The molecule has 0 bridgehead atoms. The summed E-state index contributed by atoms with van der Waals surface area (Å²) in [5.41, 5.74) is 0. The van der Waals surface area contributed by atoms with Crippen LogP contribution in [0.4, 0.5) is 0 Å². The van der Waals surface area contributed by atoms with Crippen LogP contribution >= 0.6 is 24.8 Å². The molecule has 8 heteroatoms. The molecule has 6 nitrogen and oxygen atoms in total. The van der Waals surface area contributed by atoms with Crippen LogP contribution in [0.5, 0.6) is 0 Å². The largest absolute Gasteiger partial charge is 0.340 e. The second-order valence-corrected chi connectivity index (χ2v) is 6.58. The highest BCUT2D eigenvalue weighted by atomic mass is 35.5. The van der Waals surface area contributed by atoms with E-state index >= 15 is 0 Å². The highest BCUT2D eigenvalue weighted by Crippen LogP contribution is 2.23. The quantitative estimate of drug-likeness (QED) is 0.830. The molecule has 2 saturated heterocycles. The predicted octanol–water partition coefficient (Wildman–Crippen LogP) is 1.75. The second kappa shape index (κ2) is 11.0. The lowest BCUT2D eigenvalue weighted by atomic mass is 10.0. The predicted molar refractivity (Wildman–Crippen MR) is 105 cm³/mol. The molecule has 1 N–H and O–H groups in total. The standard InChI is InChI=1S/C17H29N5O.2ClH/c1-2-16-19-8-13-22(16)15-4-3-9-20(14-15)10-5-17(23)21-11-6-18-7-12-21;;/h8,13,15,18H,2-7,9-12,14H2,1H3;2*1H. The van der Waals surface area contributed by atoms with Crippen molar-refractivity contribution in [3.8, 4) is 0 Å². The normalized spacial score (nSPS) is 21.3. The van der Waals surface area contributed by atoms with E-state index in [1.807, 2.05) is 11.1 Å². The first kappa shape index (κ1) is 22.2. The number of nitrogens with one attached hydrogen (secondary N) is 1. The lowest BCUT2D eigenvalue weighted by molar-refractivity contribution is -0.132. The summed E-state index contributed by atoms with van der Waals surface area (Å²) in [7, 11) is 0. The Morgan fingerprint density at radius 3 is 2.76 bits per heavy atom. The van der Waals surface area contributed by atoms with E-state index in [0.29, 0.717) is 18.4 Å². The van der Waals surface area contributed by atoms with E-state index in [2.05, 4.69) is 32.9 Å². The number of nitrogens with zero attached hydrogens (tertiary/aromatic N) is 4. The van der Waals surface area contributed by atoms with Crippen molar-refractivity contribution in [2.24, 2.45) is 0 Å². The third kappa shape index (κ3) is 5.84. The average molecular weight is 392 g/mol. The number of carbonyl (C=O) groups excluding carboxylic acids is 1. The maximum atomic E-state index is 12.3. The summed E-state index contributed by atoms with van der Waals surface area (Å²) in [6.45, 7) is 8.77. The monoisotopic (exact) mass is 391 g/mol. The molecule has 144 valence electrons. The van der Waals surface area contributed by atoms with Gasteiger partial charge in [0, 0.05) is 70.5 Å². The summed E-state index contributed by atoms with van der Waals surface area (Å²) < 4.78 is 2.34. The molecule has 0 aromatic carbocycles. The van der Waals surface area contributed by atoms with E-state index in [1.165, 1.54) is 18.7 Å². The molecule has 2 fully saturated rings. The molecule has 25 heavy (non-hydrogen) atoms. The third-order valence-corrected chi connectivity index (χ3v) is 5.05. The van der Waals surface area contributed by atoms with Gasteiger partial charge in [-0.15, -0.1) is 24.8 Å². The first-order valence-corrected chi connectivity index (χ1v) is 9.00. The van der Waals surface area contributed by atoms with Gasteiger partial charge in [-0.25, -0.2) is 4.98 Å². The third-order valence-electron chi connectivity index (χ3n) is 5.05. The van der Waals surface area contributed by atoms with Crippen molar-refractivity contribution in [3.05, 3.63) is 18.2 Å². The molecule has 2 aliphatic rings. The molecule has 3 heterocycles. The number of piperazine rings is 1. The lowest BCUT2D eigenvalue weighted by Crippen LogP contribution is -2.47. The second-order valence-electron chi connectivity index (χ2n) is 6.58. The van der Waals surface area contributed by atoms with Crippen molar-refractivity contribution < 1.29 is 4.79 Å². The Morgan fingerprint density at radius 1 is 1.28 bits per heavy atom. The summed E-state index contributed by atoms with van der Waals surface area (Å²) in [5.74, 6) is 1.49. The fourth-order valence-electron chi connectivity index (χ4n) is 3.74. The van der Waals surface area contributed by atoms with Crippen molar-refractivity contribution >= 4 is 30.7 Å². The van der Waals surface area contributed by atoms with Crippen LogP contribution < -0.4 is 5.32 Å². The van der Waals surface area contributed by atoms with E-state index in [9.17, 15) is 4.79 Å². The number of amides is 1. The Labute approximate surface area is 163 Å². The van der Waals surface area contributed by atoms with E-state index in [1.54, 1.807) is 0 Å². The van der Waals surface area contributed by atoms with Gasteiger partial charge in [-0.3, -0.25) is 4.79 Å². The molecule has 1 aromatic rings. The zero-order chi connectivity index (χ0) is 16.1. The van der Waals surface area contributed by atoms with Crippen LogP contribution in [0.15, 0.2) is 12.4 Å². The fraction of sp³-hybridized carbons (Fsp3) is 0.765. The van der Waals surface area contributed by atoms with Crippen LogP contribution in [-0.4, -0.2) is 71.1 Å². The SMILES string of the molecule is CCc1nccn1C1CCCN(CCC(=O)N2CCNCC2)C1.Cl.Cl. The highest BCUT2D eigenvalue weighted by Gasteiger charge is 2.24. The van der Waals surface area contributed by atoms with Gasteiger partial charge in [-0.2, -0.15) is 0 Å². The van der Waals surface area contributed by atoms with E-state index in [0.717, 1.165) is 52.2 Å². The Hall–Kier alpha value is -0.820. The van der Waals surface area contributed by atoms with Crippen LogP contribution in [0.25, 0.3) is 0 Å². The lowest BCUT2D eigenvalue weighted by Gasteiger charge is -2.34. The van der Waals surface area contributed by atoms with Crippen molar-refractivity contribution in [1.29, 1.82) is 0 Å². The van der Waals surface area contributed by atoms with Crippen LogP contribution in [-0.2, 0) is 11.2 Å². The smallest absolute Gasteiger partial charge is 0.223 e. The van der Waals surface area contributed by atoms with Crippen LogP contribution in [0.1, 0.15) is 38.1 Å². The first-order valence-electron chi connectivity index (χ1n) is 9.00. The Morgan fingerprint density at radius 2 is 2.04 bits per heavy atom. The molecule has 0 saturated carbocycles. The molecular weight excluding hydrogens is 361 g/mol. The summed E-state index contributed by atoms with van der Waals surface area (Å²) in [6.07, 6.45) is 8.06. The molecule has 3 rings (SSSR count). The average Bonchev–Trinajstić information content (AvgIpc) is 3.09. The van der Waals surface area contributed by atoms with Crippen molar-refractivity contribution in [2.75, 3.05) is 45.8 Å². The summed E-state index contributed by atoms with van der Waals surface area (Å²) in [4.78, 5) is 21.2. The number of imidazole rings is 1. The van der Waals surface area contributed by atoms with Gasteiger partial charge in [-0.1, -0.05) is 6.92 Å². The molecule has 1 amide bonds. The summed E-state index contributed by atoms with van der Waals surface area (Å²) in [5, 5.41) is 3.29. The van der Waals surface area contributed by atoms with Crippen molar-refractivity contribution in [3.63, 3.8) is 0 Å². The van der Waals surface area contributed by atoms with Gasteiger partial charge in [0.05, 0.1) is 0 Å². The molecule has 0 aliphatic carbocycles. The maximum absolute atomic E-state index is 12.3. The zero-order valence-corrected chi connectivity index (χ0v) is 16.7. The molecule has 0 radical (unpaired) electrons. The number of hydrogen-bond donors (Lipinski definition) is 1. The van der Waals surface area contributed by atoms with Crippen molar-refractivity contribution in [2.45, 2.75) is 38.6 Å². The van der Waals surface area contributed by atoms with Gasteiger partial charge in [0.15, 0.2) is 0 Å². The summed E-state index contributed by atoms with van der Waals surface area (Å²) >= 11 is 0. The minimum atomic E-state index is 0. The maximum Gasteiger partial charge on any atom is 0.223 e. The molecule has 1 atom stereocenters. The molecule has 1 aromatic heterocycles. The van der Waals surface area contributed by atoms with Gasteiger partial charge >= 0.3 is 0 Å². The fourth-order valence-corrected chi connectivity index (χ4v) is 3.74. The number of rotatable bonds is 5. The molecule has 0 spiro atoms.